The van der Waals surface area contributed by atoms with Gasteiger partial charge in [0.25, 0.3) is 0 Å². The fourth-order valence-electron chi connectivity index (χ4n) is 2.84. The summed E-state index contributed by atoms with van der Waals surface area (Å²) >= 11 is 0. The predicted octanol–water partition coefficient (Wildman–Crippen LogP) is -0.433. The largest absolute Gasteiger partial charge is 0.463 e. The minimum absolute atomic E-state index is 0.185. The fraction of sp³-hybridized carbons (Fsp3) is 0.500. The molecule has 1 saturated heterocycles. The molecule has 1 fully saturated rings. The maximum absolute atomic E-state index is 11.6. The number of hydrogen-bond acceptors (Lipinski definition) is 11. The van der Waals surface area contributed by atoms with E-state index in [0.717, 1.165) is 0 Å². The number of ether oxygens (including phenoxy) is 4. The van der Waals surface area contributed by atoms with Gasteiger partial charge in [-0.1, -0.05) is 0 Å². The van der Waals surface area contributed by atoms with Gasteiger partial charge < -0.3 is 18.9 Å². The molecule has 0 N–H and O–H groups in total. The summed E-state index contributed by atoms with van der Waals surface area (Å²) in [5, 5.41) is 0. The van der Waals surface area contributed by atoms with E-state index in [1.54, 1.807) is 0 Å². The van der Waals surface area contributed by atoms with Gasteiger partial charge in [0.2, 0.25) is 6.17 Å². The lowest BCUT2D eigenvalue weighted by Gasteiger charge is -2.30. The van der Waals surface area contributed by atoms with Crippen molar-refractivity contribution in [3.8, 4) is 0 Å². The second-order valence-corrected chi connectivity index (χ2v) is 5.83. The average Bonchev–Trinajstić information content (AvgIpc) is 3.15. The van der Waals surface area contributed by atoms with E-state index < -0.39 is 42.4 Å². The van der Waals surface area contributed by atoms with Crippen LogP contribution in [0.25, 0.3) is 0 Å². The summed E-state index contributed by atoms with van der Waals surface area (Å²) in [6, 6.07) is 0. The molecule has 0 aromatic carbocycles. The van der Waals surface area contributed by atoms with E-state index in [0.29, 0.717) is 11.9 Å². The quantitative estimate of drug-likeness (QED) is 0.466. The zero-order valence-corrected chi connectivity index (χ0v) is 14.8. The van der Waals surface area contributed by atoms with Gasteiger partial charge in [-0.3, -0.25) is 19.3 Å². The van der Waals surface area contributed by atoms with Crippen LogP contribution >= 0.6 is 0 Å². The SMILES string of the molecule is CC(=O)OC[C@H]1O[C@@H](N2C=NC3=C=NC=N[C]32)[C@H](OC(C)=O)[C@@H]1OC(C)=O. The summed E-state index contributed by atoms with van der Waals surface area (Å²) < 4.78 is 21.6. The van der Waals surface area contributed by atoms with Crippen LogP contribution in [0.4, 0.5) is 0 Å². The zero-order chi connectivity index (χ0) is 19.6. The first-order chi connectivity index (χ1) is 12.9. The van der Waals surface area contributed by atoms with E-state index in [4.69, 9.17) is 18.9 Å². The first-order valence-electron chi connectivity index (χ1n) is 8.05. The topological polar surface area (TPSA) is 128 Å². The summed E-state index contributed by atoms with van der Waals surface area (Å²) in [5.74, 6) is 0.968. The van der Waals surface area contributed by atoms with Crippen molar-refractivity contribution in [2.45, 2.75) is 45.3 Å². The van der Waals surface area contributed by atoms with Gasteiger partial charge in [-0.2, -0.15) is 4.99 Å². The second-order valence-electron chi connectivity index (χ2n) is 5.83. The van der Waals surface area contributed by atoms with Crippen LogP contribution in [0.3, 0.4) is 0 Å². The molecule has 0 aromatic rings. The van der Waals surface area contributed by atoms with Gasteiger partial charge in [0.1, 0.15) is 19.0 Å². The van der Waals surface area contributed by atoms with Crippen molar-refractivity contribution in [2.75, 3.05) is 6.61 Å². The first-order valence-corrected chi connectivity index (χ1v) is 8.05. The highest BCUT2D eigenvalue weighted by Crippen LogP contribution is 2.36. The maximum Gasteiger partial charge on any atom is 0.303 e. The molecule has 1 radical (unpaired) electrons. The lowest BCUT2D eigenvalue weighted by Crippen LogP contribution is -2.47. The van der Waals surface area contributed by atoms with E-state index in [1.165, 1.54) is 38.3 Å². The lowest BCUT2D eigenvalue weighted by atomic mass is 10.1. The molecule has 0 unspecified atom stereocenters. The molecule has 11 heteroatoms. The van der Waals surface area contributed by atoms with Crippen LogP contribution in [-0.2, 0) is 33.3 Å². The second kappa shape index (κ2) is 7.68. The van der Waals surface area contributed by atoms with Crippen molar-refractivity contribution < 1.29 is 33.3 Å². The molecule has 0 saturated carbocycles. The Morgan fingerprint density at radius 2 is 1.81 bits per heavy atom. The van der Waals surface area contributed by atoms with Crippen LogP contribution in [-0.4, -0.2) is 72.5 Å². The molecule has 143 valence electrons. The van der Waals surface area contributed by atoms with Gasteiger partial charge in [0.05, 0.1) is 6.34 Å². The highest BCUT2D eigenvalue weighted by atomic mass is 16.7. The molecule has 3 rings (SSSR count). The van der Waals surface area contributed by atoms with Gasteiger partial charge in [-0.05, 0) is 0 Å². The minimum atomic E-state index is -1.00. The van der Waals surface area contributed by atoms with E-state index in [2.05, 4.69) is 20.8 Å². The van der Waals surface area contributed by atoms with Crippen molar-refractivity contribution in [3.05, 3.63) is 11.9 Å². The van der Waals surface area contributed by atoms with Crippen molar-refractivity contribution in [3.63, 3.8) is 0 Å². The van der Waals surface area contributed by atoms with Crippen molar-refractivity contribution in [2.24, 2.45) is 15.0 Å². The Hall–Kier alpha value is -3.04. The summed E-state index contributed by atoms with van der Waals surface area (Å²) in [7, 11) is 0. The molecule has 0 bridgehead atoms. The maximum atomic E-state index is 11.6. The third kappa shape index (κ3) is 4.04. The Morgan fingerprint density at radius 3 is 2.48 bits per heavy atom. The highest BCUT2D eigenvalue weighted by Gasteiger charge is 2.54. The number of rotatable bonds is 5. The summed E-state index contributed by atoms with van der Waals surface area (Å²) in [6.07, 6.45) is -0.644. The van der Waals surface area contributed by atoms with Gasteiger partial charge in [0, 0.05) is 26.6 Å². The predicted molar refractivity (Wildman–Crippen MR) is 89.4 cm³/mol. The van der Waals surface area contributed by atoms with Crippen molar-refractivity contribution >= 4 is 36.5 Å². The van der Waals surface area contributed by atoms with Crippen LogP contribution in [0, 0.1) is 6.17 Å². The van der Waals surface area contributed by atoms with Crippen LogP contribution in [0.15, 0.2) is 20.7 Å². The summed E-state index contributed by atoms with van der Waals surface area (Å²) in [6.45, 7) is 3.50. The summed E-state index contributed by atoms with van der Waals surface area (Å²) in [5.41, 5.74) is 0.384. The molecule has 11 nitrogen and oxygen atoms in total. The van der Waals surface area contributed by atoms with E-state index in [-0.39, 0.29) is 6.61 Å². The molecule has 27 heavy (non-hydrogen) atoms. The van der Waals surface area contributed by atoms with E-state index in [1.807, 2.05) is 0 Å². The Bertz CT molecular complexity index is 771. The van der Waals surface area contributed by atoms with Crippen LogP contribution in [0.2, 0.25) is 0 Å². The molecule has 4 atom stereocenters. The Kier molecular flexibility index (Phi) is 5.33. The van der Waals surface area contributed by atoms with E-state index in [9.17, 15) is 14.4 Å². The van der Waals surface area contributed by atoms with E-state index >= 15 is 0 Å². The molecular weight excluding hydrogens is 360 g/mol. The van der Waals surface area contributed by atoms with Crippen molar-refractivity contribution in [1.82, 2.24) is 4.90 Å². The van der Waals surface area contributed by atoms with Gasteiger partial charge >= 0.3 is 17.9 Å². The van der Waals surface area contributed by atoms with Crippen molar-refractivity contribution in [1.29, 1.82) is 0 Å². The van der Waals surface area contributed by atoms with Crippen LogP contribution < -0.4 is 0 Å². The average molecular weight is 377 g/mol. The summed E-state index contributed by atoms with van der Waals surface area (Å²) in [4.78, 5) is 47.9. The number of carbonyl (C=O) groups excluding carboxylic acids is 3. The zero-order valence-electron chi connectivity index (χ0n) is 14.8. The number of aliphatic imine (C=N–C) groups is 3. The monoisotopic (exact) mass is 377 g/mol. The van der Waals surface area contributed by atoms with Crippen LogP contribution in [0.5, 0.6) is 0 Å². The molecule has 0 aromatic heterocycles. The number of esters is 3. The standard InChI is InChI=1S/C16H17N4O7/c1-8(21)24-5-12-13(25-9(2)22)14(26-10(3)23)16(27-12)20-7-19-11-4-17-6-18-15(11)20/h6-7,12-14,16H,5H2,1-3H3/t12-,13-,14-,16-/m1/s1. The van der Waals surface area contributed by atoms with Gasteiger partial charge in [-0.25, -0.2) is 9.98 Å². The Balaban J connectivity index is 1.88. The number of nitrogens with zero attached hydrogens (tertiary/aromatic N) is 4. The van der Waals surface area contributed by atoms with Gasteiger partial charge in [0.15, 0.2) is 24.1 Å². The normalized spacial score (nSPS) is 28.7. The number of fused-ring (bicyclic) bond motifs is 1. The Labute approximate surface area is 154 Å². The molecular formula is C16H17N4O7. The minimum Gasteiger partial charge on any atom is -0.463 e. The molecule has 3 heterocycles. The van der Waals surface area contributed by atoms with Crippen LogP contribution in [0.1, 0.15) is 20.8 Å². The number of hydrogen-bond donors (Lipinski definition) is 0. The third-order valence-corrected chi connectivity index (χ3v) is 3.79. The number of carbonyl (C=O) groups is 3. The smallest absolute Gasteiger partial charge is 0.303 e. The first kappa shape index (κ1) is 18.7. The third-order valence-electron chi connectivity index (χ3n) is 3.79. The Morgan fingerprint density at radius 1 is 1.11 bits per heavy atom. The molecule has 0 aliphatic carbocycles. The molecule has 3 aliphatic heterocycles. The lowest BCUT2D eigenvalue weighted by molar-refractivity contribution is -0.166. The molecule has 0 spiro atoms. The highest BCUT2D eigenvalue weighted by molar-refractivity contribution is 5.83. The fourth-order valence-corrected chi connectivity index (χ4v) is 2.84. The molecule has 0 amide bonds. The van der Waals surface area contributed by atoms with Gasteiger partial charge in [-0.15, -0.1) is 0 Å². The molecule has 3 aliphatic rings.